The van der Waals surface area contributed by atoms with E-state index in [2.05, 4.69) is 6.58 Å². The number of methoxy groups -OCH3 is 2. The Morgan fingerprint density at radius 3 is 2.44 bits per heavy atom. The minimum absolute atomic E-state index is 0.0970. The van der Waals surface area contributed by atoms with Crippen molar-refractivity contribution in [2.75, 3.05) is 38.8 Å². The third-order valence-electron chi connectivity index (χ3n) is 6.21. The minimum Gasteiger partial charge on any atom is -0.507 e. The zero-order chi connectivity index (χ0) is 24.5. The molecular weight excluding hydrogens is 436 g/mol. The number of ether oxygens (including phenoxy) is 2. The number of fused-ring (bicyclic) bond motifs is 2. The Morgan fingerprint density at radius 2 is 1.79 bits per heavy atom. The van der Waals surface area contributed by atoms with Crippen molar-refractivity contribution < 1.29 is 29.0 Å². The predicted molar refractivity (Wildman–Crippen MR) is 126 cm³/mol. The maximum Gasteiger partial charge on any atom is 0.296 e. The van der Waals surface area contributed by atoms with Gasteiger partial charge in [-0.15, -0.1) is 6.58 Å². The number of para-hydroxylation sites is 1. The molecule has 4 rings (SSSR count). The molecule has 2 heterocycles. The average molecular weight is 463 g/mol. The number of likely N-dealkylation sites (tertiary alicyclic amines) is 1. The van der Waals surface area contributed by atoms with E-state index in [-0.39, 0.29) is 18.7 Å². The van der Waals surface area contributed by atoms with Gasteiger partial charge >= 0.3 is 0 Å². The lowest BCUT2D eigenvalue weighted by Crippen LogP contribution is -2.52. The van der Waals surface area contributed by atoms with Crippen LogP contribution in [0.3, 0.4) is 0 Å². The van der Waals surface area contributed by atoms with E-state index in [1.807, 2.05) is 0 Å². The Morgan fingerprint density at radius 1 is 1.09 bits per heavy atom. The SMILES string of the molecule is C=CCN1C(=O)C2(/C(=C(/O)c3ccc(OC)cc3)C(=O)C(=O)N2CCCOC)c2ccccc21. The summed E-state index contributed by atoms with van der Waals surface area (Å²) in [5, 5.41) is 11.4. The maximum atomic E-state index is 14.1. The van der Waals surface area contributed by atoms with Crippen LogP contribution < -0.4 is 9.64 Å². The molecule has 0 aromatic heterocycles. The summed E-state index contributed by atoms with van der Waals surface area (Å²) in [5.41, 5.74) is -0.710. The number of amides is 2. The molecule has 2 aromatic carbocycles. The Labute approximate surface area is 197 Å². The van der Waals surface area contributed by atoms with Crippen molar-refractivity contribution in [2.24, 2.45) is 0 Å². The normalized spacial score (nSPS) is 20.8. The van der Waals surface area contributed by atoms with Crippen LogP contribution in [-0.2, 0) is 24.7 Å². The second-order valence-electron chi connectivity index (χ2n) is 8.02. The van der Waals surface area contributed by atoms with Gasteiger partial charge in [0.05, 0.1) is 18.4 Å². The van der Waals surface area contributed by atoms with Crippen LogP contribution >= 0.6 is 0 Å². The van der Waals surface area contributed by atoms with Crippen LogP contribution in [0.15, 0.2) is 66.8 Å². The van der Waals surface area contributed by atoms with E-state index in [4.69, 9.17) is 9.47 Å². The Bertz CT molecular complexity index is 1190. The van der Waals surface area contributed by atoms with E-state index in [0.717, 1.165) is 0 Å². The first-order valence-corrected chi connectivity index (χ1v) is 10.9. The van der Waals surface area contributed by atoms with Crippen LogP contribution in [-0.4, -0.2) is 61.5 Å². The van der Waals surface area contributed by atoms with E-state index in [1.54, 1.807) is 54.6 Å². The second-order valence-corrected chi connectivity index (χ2v) is 8.02. The molecule has 1 spiro atoms. The molecule has 1 atom stereocenters. The van der Waals surface area contributed by atoms with E-state index in [9.17, 15) is 19.5 Å². The highest BCUT2D eigenvalue weighted by Gasteiger charge is 2.66. The lowest BCUT2D eigenvalue weighted by Gasteiger charge is -2.34. The van der Waals surface area contributed by atoms with Gasteiger partial charge in [-0.1, -0.05) is 24.3 Å². The molecule has 176 valence electrons. The number of ketones is 1. The number of aliphatic hydroxyl groups excluding tert-OH is 1. The highest BCUT2D eigenvalue weighted by molar-refractivity contribution is 6.50. The van der Waals surface area contributed by atoms with Gasteiger partial charge in [-0.3, -0.25) is 14.4 Å². The van der Waals surface area contributed by atoms with Crippen molar-refractivity contribution in [3.8, 4) is 5.75 Å². The van der Waals surface area contributed by atoms with Gasteiger partial charge in [0, 0.05) is 37.9 Å². The molecule has 8 heteroatoms. The van der Waals surface area contributed by atoms with Crippen LogP contribution in [0.1, 0.15) is 17.5 Å². The number of hydrogen-bond acceptors (Lipinski definition) is 6. The number of carbonyl (C=O) groups is 3. The van der Waals surface area contributed by atoms with Crippen molar-refractivity contribution in [1.82, 2.24) is 4.90 Å². The minimum atomic E-state index is -1.79. The molecule has 2 aliphatic rings. The quantitative estimate of drug-likeness (QED) is 0.213. The number of anilines is 1. The molecule has 2 aromatic rings. The van der Waals surface area contributed by atoms with E-state index in [0.29, 0.717) is 35.6 Å². The van der Waals surface area contributed by atoms with Gasteiger partial charge in [0.1, 0.15) is 11.5 Å². The molecule has 0 radical (unpaired) electrons. The van der Waals surface area contributed by atoms with Crippen LogP contribution in [0, 0.1) is 0 Å². The summed E-state index contributed by atoms with van der Waals surface area (Å²) < 4.78 is 10.3. The topological polar surface area (TPSA) is 96.4 Å². The highest BCUT2D eigenvalue weighted by Crippen LogP contribution is 2.53. The number of carbonyl (C=O) groups excluding carboxylic acids is 3. The lowest BCUT2D eigenvalue weighted by atomic mass is 9.82. The average Bonchev–Trinajstić information content (AvgIpc) is 3.23. The summed E-state index contributed by atoms with van der Waals surface area (Å²) in [6.45, 7) is 4.36. The molecule has 1 unspecified atom stereocenters. The van der Waals surface area contributed by atoms with Gasteiger partial charge in [0.2, 0.25) is 0 Å². The molecule has 1 fully saturated rings. The van der Waals surface area contributed by atoms with Crippen LogP contribution in [0.5, 0.6) is 5.75 Å². The lowest BCUT2D eigenvalue weighted by molar-refractivity contribution is -0.143. The Hall–Kier alpha value is -3.91. The molecule has 0 aliphatic carbocycles. The summed E-state index contributed by atoms with van der Waals surface area (Å²) in [6.07, 6.45) is 1.99. The first-order valence-electron chi connectivity index (χ1n) is 10.9. The van der Waals surface area contributed by atoms with Gasteiger partial charge in [-0.05, 0) is 36.8 Å². The molecule has 2 aliphatic heterocycles. The van der Waals surface area contributed by atoms with Crippen molar-refractivity contribution in [3.05, 3.63) is 77.9 Å². The number of benzene rings is 2. The zero-order valence-electron chi connectivity index (χ0n) is 19.1. The van der Waals surface area contributed by atoms with E-state index >= 15 is 0 Å². The van der Waals surface area contributed by atoms with Gasteiger partial charge in [-0.2, -0.15) is 0 Å². The molecule has 0 saturated carbocycles. The fraction of sp³-hybridized carbons (Fsp3) is 0.269. The van der Waals surface area contributed by atoms with E-state index < -0.39 is 28.9 Å². The maximum absolute atomic E-state index is 14.1. The number of rotatable bonds is 8. The summed E-state index contributed by atoms with van der Waals surface area (Å²) in [6, 6.07) is 13.4. The second kappa shape index (κ2) is 9.15. The van der Waals surface area contributed by atoms with Gasteiger partial charge in [0.25, 0.3) is 17.6 Å². The zero-order valence-corrected chi connectivity index (χ0v) is 19.1. The predicted octanol–water partition coefficient (Wildman–Crippen LogP) is 2.84. The number of nitrogens with zero attached hydrogens (tertiary/aromatic N) is 2. The van der Waals surface area contributed by atoms with Crippen LogP contribution in [0.4, 0.5) is 5.69 Å². The smallest absolute Gasteiger partial charge is 0.296 e. The molecule has 8 nitrogen and oxygen atoms in total. The summed E-state index contributed by atoms with van der Waals surface area (Å²) in [7, 11) is 3.05. The third kappa shape index (κ3) is 3.30. The molecule has 1 N–H and O–H groups in total. The molecule has 1 saturated heterocycles. The van der Waals surface area contributed by atoms with Crippen molar-refractivity contribution in [3.63, 3.8) is 0 Å². The van der Waals surface area contributed by atoms with E-state index in [1.165, 1.54) is 24.0 Å². The number of Topliss-reactive ketones (excluding diaryl/α,β-unsaturated/α-hetero) is 1. The molecular formula is C26H26N2O6. The van der Waals surface area contributed by atoms with Gasteiger partial charge in [0.15, 0.2) is 5.54 Å². The molecule has 2 amide bonds. The van der Waals surface area contributed by atoms with Crippen molar-refractivity contribution in [1.29, 1.82) is 0 Å². The van der Waals surface area contributed by atoms with Crippen molar-refractivity contribution >= 4 is 29.0 Å². The largest absolute Gasteiger partial charge is 0.507 e. The standard InChI is InChI=1S/C26H26N2O6/c1-4-14-27-20-9-6-5-8-19(20)26(25(27)32)21(22(29)17-10-12-18(34-3)13-11-17)23(30)24(31)28(26)15-7-16-33-2/h4-6,8-13,29H,1,7,14-16H2,2-3H3/b22-21+. The monoisotopic (exact) mass is 462 g/mol. The summed E-state index contributed by atoms with van der Waals surface area (Å²) in [4.78, 5) is 43.6. The first-order chi connectivity index (χ1) is 16.4. The fourth-order valence-corrected chi connectivity index (χ4v) is 4.74. The van der Waals surface area contributed by atoms with Gasteiger partial charge < -0.3 is 24.4 Å². The highest BCUT2D eigenvalue weighted by atomic mass is 16.5. The molecule has 0 bridgehead atoms. The molecule has 34 heavy (non-hydrogen) atoms. The van der Waals surface area contributed by atoms with Crippen LogP contribution in [0.2, 0.25) is 0 Å². The Balaban J connectivity index is 2.00. The number of hydrogen-bond donors (Lipinski definition) is 1. The van der Waals surface area contributed by atoms with Gasteiger partial charge in [-0.25, -0.2) is 0 Å². The van der Waals surface area contributed by atoms with Crippen LogP contribution in [0.25, 0.3) is 5.76 Å². The summed E-state index contributed by atoms with van der Waals surface area (Å²) >= 11 is 0. The van der Waals surface area contributed by atoms with Crippen molar-refractivity contribution in [2.45, 2.75) is 12.0 Å². The fourth-order valence-electron chi connectivity index (χ4n) is 4.74. The Kier molecular flexibility index (Phi) is 6.26. The third-order valence-corrected chi connectivity index (χ3v) is 6.21. The summed E-state index contributed by atoms with van der Waals surface area (Å²) in [5.74, 6) is -2.09. The first kappa shape index (κ1) is 23.3. The number of aliphatic hydroxyl groups is 1.